The van der Waals surface area contributed by atoms with E-state index in [1.807, 2.05) is 28.6 Å². The number of fused-ring (bicyclic) bond motifs is 1. The fourth-order valence-corrected chi connectivity index (χ4v) is 4.10. The van der Waals surface area contributed by atoms with Crippen LogP contribution in [-0.2, 0) is 4.74 Å². The van der Waals surface area contributed by atoms with Crippen molar-refractivity contribution in [3.05, 3.63) is 54.1 Å². The van der Waals surface area contributed by atoms with E-state index in [9.17, 15) is 8.78 Å². The van der Waals surface area contributed by atoms with Crippen molar-refractivity contribution in [3.63, 3.8) is 0 Å². The summed E-state index contributed by atoms with van der Waals surface area (Å²) in [5, 5.41) is 3.30. The number of nitrogens with one attached hydrogen (secondary N) is 1. The number of halogens is 2. The van der Waals surface area contributed by atoms with Crippen LogP contribution in [0.25, 0.3) is 0 Å². The molecular weight excluding hydrogens is 332 g/mol. The third-order valence-electron chi connectivity index (χ3n) is 4.06. The van der Waals surface area contributed by atoms with E-state index in [2.05, 4.69) is 5.32 Å². The van der Waals surface area contributed by atoms with Crippen LogP contribution in [-0.4, -0.2) is 32.3 Å². The Morgan fingerprint density at radius 3 is 2.54 bits per heavy atom. The molecule has 2 aromatic carbocycles. The molecule has 2 heterocycles. The molecule has 0 spiro atoms. The highest BCUT2D eigenvalue weighted by Gasteiger charge is 2.33. The normalized spacial score (nSPS) is 20.3. The van der Waals surface area contributed by atoms with Gasteiger partial charge in [0.2, 0.25) is 0 Å². The monoisotopic (exact) mass is 349 g/mol. The van der Waals surface area contributed by atoms with Crippen LogP contribution in [0, 0.1) is 11.6 Å². The van der Waals surface area contributed by atoms with Crippen molar-refractivity contribution in [2.45, 2.75) is 6.10 Å². The molecule has 4 nitrogen and oxygen atoms in total. The number of anilines is 3. The molecular formula is C17H17F2N3OS. The van der Waals surface area contributed by atoms with Gasteiger partial charge in [0.15, 0.2) is 11.6 Å². The Kier molecular flexibility index (Phi) is 4.30. The minimum atomic E-state index is -0.574. The van der Waals surface area contributed by atoms with Crippen molar-refractivity contribution in [2.24, 2.45) is 0 Å². The minimum absolute atomic E-state index is 0.0415. The van der Waals surface area contributed by atoms with Crippen LogP contribution in [0.2, 0.25) is 0 Å². The van der Waals surface area contributed by atoms with E-state index in [-0.39, 0.29) is 11.8 Å². The fraction of sp³-hybridized carbons (Fsp3) is 0.294. The summed E-state index contributed by atoms with van der Waals surface area (Å²) in [6, 6.07) is 11.5. The van der Waals surface area contributed by atoms with Gasteiger partial charge in [0.25, 0.3) is 0 Å². The minimum Gasteiger partial charge on any atom is -0.374 e. The summed E-state index contributed by atoms with van der Waals surface area (Å²) >= 11 is 1.29. The molecule has 24 heavy (non-hydrogen) atoms. The largest absolute Gasteiger partial charge is 0.374 e. The van der Waals surface area contributed by atoms with Crippen LogP contribution in [0.4, 0.5) is 25.8 Å². The first-order valence-corrected chi connectivity index (χ1v) is 8.58. The highest BCUT2D eigenvalue weighted by Crippen LogP contribution is 2.50. The molecule has 1 fully saturated rings. The Bertz CT molecular complexity index is 719. The molecule has 0 unspecified atom stereocenters. The molecule has 0 amide bonds. The summed E-state index contributed by atoms with van der Waals surface area (Å²) in [6.45, 7) is 2.94. The van der Waals surface area contributed by atoms with Crippen LogP contribution >= 0.6 is 12.1 Å². The van der Waals surface area contributed by atoms with Gasteiger partial charge < -0.3 is 10.1 Å². The topological polar surface area (TPSA) is 27.7 Å². The van der Waals surface area contributed by atoms with Crippen molar-refractivity contribution in [1.29, 1.82) is 0 Å². The number of rotatable bonds is 3. The van der Waals surface area contributed by atoms with E-state index in [4.69, 9.17) is 4.74 Å². The first kappa shape index (κ1) is 15.7. The molecule has 2 aromatic rings. The molecule has 0 radical (unpaired) electrons. The van der Waals surface area contributed by atoms with Crippen molar-refractivity contribution in [2.75, 3.05) is 34.9 Å². The Morgan fingerprint density at radius 1 is 1.08 bits per heavy atom. The van der Waals surface area contributed by atoms with Gasteiger partial charge in [-0.05, 0) is 24.3 Å². The SMILES string of the molecule is Fc1cccc(F)c1N1SN(C[C@@H]2CNCCO2)c2ccccc21. The third kappa shape index (κ3) is 2.83. The lowest BCUT2D eigenvalue weighted by Crippen LogP contribution is -2.43. The maximum atomic E-state index is 14.2. The zero-order valence-electron chi connectivity index (χ0n) is 12.9. The molecule has 0 bridgehead atoms. The average molecular weight is 349 g/mol. The zero-order valence-corrected chi connectivity index (χ0v) is 13.7. The van der Waals surface area contributed by atoms with Gasteiger partial charge in [-0.15, -0.1) is 0 Å². The lowest BCUT2D eigenvalue weighted by atomic mass is 10.2. The van der Waals surface area contributed by atoms with Gasteiger partial charge in [-0.1, -0.05) is 18.2 Å². The molecule has 2 aliphatic heterocycles. The summed E-state index contributed by atoms with van der Waals surface area (Å²) in [5.74, 6) is -1.15. The Hall–Kier alpha value is -1.83. The quantitative estimate of drug-likeness (QED) is 0.857. The summed E-state index contributed by atoms with van der Waals surface area (Å²) in [6.07, 6.45) is 0.0460. The highest BCUT2D eigenvalue weighted by atomic mass is 32.2. The molecule has 1 N–H and O–H groups in total. The second kappa shape index (κ2) is 6.58. The highest BCUT2D eigenvalue weighted by molar-refractivity contribution is 8.02. The van der Waals surface area contributed by atoms with Gasteiger partial charge in [0.05, 0.1) is 42.8 Å². The number of nitrogens with zero attached hydrogens (tertiary/aromatic N) is 2. The van der Waals surface area contributed by atoms with Crippen LogP contribution in [0.3, 0.4) is 0 Å². The van der Waals surface area contributed by atoms with Crippen LogP contribution < -0.4 is 13.9 Å². The Morgan fingerprint density at radius 2 is 1.83 bits per heavy atom. The summed E-state index contributed by atoms with van der Waals surface area (Å²) in [7, 11) is 0. The standard InChI is InChI=1S/C17H17F2N3OS/c18-13-4-3-5-14(19)17(13)22-16-7-2-1-6-15(16)21(24-22)11-12-10-20-8-9-23-12/h1-7,12,20H,8-11H2/t12-/m0/s1. The number of morpholine rings is 1. The molecule has 4 rings (SSSR count). The molecule has 0 aromatic heterocycles. The second-order valence-corrected chi connectivity index (χ2v) is 6.66. The number of benzene rings is 2. The fourth-order valence-electron chi connectivity index (χ4n) is 2.93. The maximum Gasteiger partial charge on any atom is 0.150 e. The van der Waals surface area contributed by atoms with Gasteiger partial charge >= 0.3 is 0 Å². The van der Waals surface area contributed by atoms with Gasteiger partial charge in [-0.2, -0.15) is 0 Å². The smallest absolute Gasteiger partial charge is 0.150 e. The van der Waals surface area contributed by atoms with E-state index < -0.39 is 11.6 Å². The molecule has 1 saturated heterocycles. The zero-order chi connectivity index (χ0) is 16.5. The Labute approximate surface area is 143 Å². The number of ether oxygens (including phenoxy) is 1. The molecule has 7 heteroatoms. The molecule has 126 valence electrons. The molecule has 2 aliphatic rings. The van der Waals surface area contributed by atoms with E-state index in [1.165, 1.54) is 30.3 Å². The summed E-state index contributed by atoms with van der Waals surface area (Å²) in [4.78, 5) is 0. The number of para-hydroxylation sites is 3. The molecule has 1 atom stereocenters. The second-order valence-electron chi connectivity index (χ2n) is 5.69. The third-order valence-corrected chi connectivity index (χ3v) is 5.15. The lowest BCUT2D eigenvalue weighted by molar-refractivity contribution is 0.0356. The molecule has 0 saturated carbocycles. The van der Waals surface area contributed by atoms with Crippen molar-refractivity contribution in [1.82, 2.24) is 5.32 Å². The van der Waals surface area contributed by atoms with Crippen molar-refractivity contribution < 1.29 is 13.5 Å². The average Bonchev–Trinajstić information content (AvgIpc) is 2.94. The van der Waals surface area contributed by atoms with E-state index in [1.54, 1.807) is 4.31 Å². The number of hydrogen-bond donors (Lipinski definition) is 1. The lowest BCUT2D eigenvalue weighted by Gasteiger charge is -2.28. The van der Waals surface area contributed by atoms with Crippen molar-refractivity contribution in [3.8, 4) is 0 Å². The van der Waals surface area contributed by atoms with Crippen LogP contribution in [0.5, 0.6) is 0 Å². The van der Waals surface area contributed by atoms with Crippen molar-refractivity contribution >= 4 is 29.2 Å². The Balaban J connectivity index is 1.66. The van der Waals surface area contributed by atoms with Crippen LogP contribution in [0.15, 0.2) is 42.5 Å². The van der Waals surface area contributed by atoms with Gasteiger partial charge in [0.1, 0.15) is 5.69 Å². The summed E-state index contributed by atoms with van der Waals surface area (Å²) < 4.78 is 37.9. The van der Waals surface area contributed by atoms with Gasteiger partial charge in [0, 0.05) is 13.1 Å². The van der Waals surface area contributed by atoms with Gasteiger partial charge in [-0.3, -0.25) is 8.61 Å². The summed E-state index contributed by atoms with van der Waals surface area (Å²) in [5.41, 5.74) is 1.66. The predicted octanol–water partition coefficient (Wildman–Crippen LogP) is 3.47. The molecule has 0 aliphatic carbocycles. The maximum absolute atomic E-state index is 14.2. The first-order valence-electron chi connectivity index (χ1n) is 7.85. The first-order chi connectivity index (χ1) is 11.7. The van der Waals surface area contributed by atoms with Gasteiger partial charge in [-0.25, -0.2) is 8.78 Å². The predicted molar refractivity (Wildman–Crippen MR) is 92.5 cm³/mol. The van der Waals surface area contributed by atoms with E-state index in [0.717, 1.165) is 24.5 Å². The van der Waals surface area contributed by atoms with E-state index in [0.29, 0.717) is 13.2 Å². The van der Waals surface area contributed by atoms with E-state index >= 15 is 0 Å². The number of hydrogen-bond acceptors (Lipinski definition) is 5. The van der Waals surface area contributed by atoms with Crippen LogP contribution in [0.1, 0.15) is 0 Å².